The highest BCUT2D eigenvalue weighted by molar-refractivity contribution is 5.85. The summed E-state index contributed by atoms with van der Waals surface area (Å²) < 4.78 is 18.7. The molecule has 0 amide bonds. The smallest absolute Gasteiger partial charge is 0.124 e. The predicted molar refractivity (Wildman–Crippen MR) is 60.1 cm³/mol. The van der Waals surface area contributed by atoms with Crippen LogP contribution in [-0.4, -0.2) is 12.6 Å². The summed E-state index contributed by atoms with van der Waals surface area (Å²) in [5.74, 6) is 0.604. The molecular formula is C11H15ClFNO. The van der Waals surface area contributed by atoms with Crippen LogP contribution in [0.4, 0.5) is 4.39 Å². The number of benzene rings is 1. The summed E-state index contributed by atoms with van der Waals surface area (Å²) in [6.07, 6.45) is 1.16. The van der Waals surface area contributed by atoms with Gasteiger partial charge in [0.15, 0.2) is 0 Å². The second-order valence-electron chi connectivity index (χ2n) is 3.53. The van der Waals surface area contributed by atoms with Crippen LogP contribution in [0.2, 0.25) is 0 Å². The lowest BCUT2D eigenvalue weighted by Gasteiger charge is -2.14. The summed E-state index contributed by atoms with van der Waals surface area (Å²) in [6.45, 7) is 3.59. The summed E-state index contributed by atoms with van der Waals surface area (Å²) in [5.41, 5.74) is 0.904. The molecule has 0 saturated carbocycles. The van der Waals surface area contributed by atoms with Gasteiger partial charge in [0.2, 0.25) is 0 Å². The molecule has 0 bridgehead atoms. The van der Waals surface area contributed by atoms with Crippen molar-refractivity contribution in [2.75, 3.05) is 6.54 Å². The van der Waals surface area contributed by atoms with E-state index < -0.39 is 0 Å². The predicted octanol–water partition coefficient (Wildman–Crippen LogP) is 2.51. The third-order valence-corrected chi connectivity index (χ3v) is 2.46. The number of hydrogen-bond donors (Lipinski definition) is 1. The Balaban J connectivity index is 0.00000112. The Morgan fingerprint density at radius 2 is 2.33 bits per heavy atom. The van der Waals surface area contributed by atoms with Gasteiger partial charge in [0.25, 0.3) is 0 Å². The molecular weight excluding hydrogens is 217 g/mol. The first kappa shape index (κ1) is 12.3. The van der Waals surface area contributed by atoms with Crippen LogP contribution in [0.1, 0.15) is 18.9 Å². The van der Waals surface area contributed by atoms with Crippen molar-refractivity contribution in [1.29, 1.82) is 0 Å². The zero-order valence-electron chi connectivity index (χ0n) is 8.63. The number of rotatable bonds is 1. The van der Waals surface area contributed by atoms with Crippen LogP contribution in [0.5, 0.6) is 5.75 Å². The van der Waals surface area contributed by atoms with Crippen molar-refractivity contribution < 1.29 is 9.13 Å². The summed E-state index contributed by atoms with van der Waals surface area (Å²) in [5, 5.41) is 3.24. The first-order valence-electron chi connectivity index (χ1n) is 4.95. The number of halogens is 2. The average Bonchev–Trinajstić information content (AvgIpc) is 2.38. The molecule has 0 fully saturated rings. The van der Waals surface area contributed by atoms with Crippen LogP contribution in [0, 0.1) is 5.82 Å². The molecule has 0 spiro atoms. The zero-order chi connectivity index (χ0) is 9.97. The molecule has 0 unspecified atom stereocenters. The monoisotopic (exact) mass is 231 g/mol. The van der Waals surface area contributed by atoms with Crippen molar-refractivity contribution in [1.82, 2.24) is 5.32 Å². The van der Waals surface area contributed by atoms with Crippen LogP contribution >= 0.6 is 12.4 Å². The second kappa shape index (κ2) is 5.33. The van der Waals surface area contributed by atoms with Crippen LogP contribution in [0.3, 0.4) is 0 Å². The van der Waals surface area contributed by atoms with E-state index in [-0.39, 0.29) is 24.3 Å². The Kier molecular flexibility index (Phi) is 4.36. The fourth-order valence-electron chi connectivity index (χ4n) is 1.62. The Labute approximate surface area is 95.2 Å². The molecule has 0 radical (unpaired) electrons. The normalized spacial score (nSPS) is 19.5. The van der Waals surface area contributed by atoms with Crippen molar-refractivity contribution in [2.24, 2.45) is 0 Å². The van der Waals surface area contributed by atoms with Crippen LogP contribution < -0.4 is 10.1 Å². The lowest BCUT2D eigenvalue weighted by Crippen LogP contribution is -2.27. The quantitative estimate of drug-likeness (QED) is 0.802. The van der Waals surface area contributed by atoms with Crippen molar-refractivity contribution in [3.63, 3.8) is 0 Å². The van der Waals surface area contributed by atoms with E-state index in [1.54, 1.807) is 6.07 Å². The first-order valence-corrected chi connectivity index (χ1v) is 4.95. The topological polar surface area (TPSA) is 21.3 Å². The van der Waals surface area contributed by atoms with E-state index in [0.29, 0.717) is 6.54 Å². The minimum atomic E-state index is -0.205. The van der Waals surface area contributed by atoms with Gasteiger partial charge in [-0.25, -0.2) is 4.39 Å². The SMILES string of the molecule is CC[C@@H]1CNCc2cc(F)ccc2O1.Cl. The van der Waals surface area contributed by atoms with E-state index >= 15 is 0 Å². The van der Waals surface area contributed by atoms with E-state index in [0.717, 1.165) is 24.3 Å². The lowest BCUT2D eigenvalue weighted by atomic mass is 10.2. The molecule has 0 saturated heterocycles. The Morgan fingerprint density at radius 1 is 1.53 bits per heavy atom. The van der Waals surface area contributed by atoms with Crippen molar-refractivity contribution in [3.05, 3.63) is 29.6 Å². The van der Waals surface area contributed by atoms with Crippen molar-refractivity contribution in [3.8, 4) is 5.75 Å². The van der Waals surface area contributed by atoms with Gasteiger partial charge in [0.05, 0.1) is 0 Å². The van der Waals surface area contributed by atoms with Gasteiger partial charge in [-0.05, 0) is 24.6 Å². The molecule has 2 nitrogen and oxygen atoms in total. The van der Waals surface area contributed by atoms with Crippen LogP contribution in [-0.2, 0) is 6.54 Å². The Hall–Kier alpha value is -0.800. The van der Waals surface area contributed by atoms with Gasteiger partial charge in [-0.15, -0.1) is 12.4 Å². The van der Waals surface area contributed by atoms with E-state index in [2.05, 4.69) is 12.2 Å². The standard InChI is InChI=1S/C11H14FNO.ClH/c1-2-10-7-13-6-8-5-9(12)3-4-11(8)14-10;/h3-5,10,13H,2,6-7H2,1H3;1H/t10-;/m1./s1. The van der Waals surface area contributed by atoms with Crippen LogP contribution in [0.15, 0.2) is 18.2 Å². The molecule has 84 valence electrons. The Bertz CT molecular complexity index is 332. The van der Waals surface area contributed by atoms with E-state index in [1.165, 1.54) is 12.1 Å². The summed E-state index contributed by atoms with van der Waals surface area (Å²) in [7, 11) is 0. The highest BCUT2D eigenvalue weighted by Gasteiger charge is 2.15. The fourth-order valence-corrected chi connectivity index (χ4v) is 1.62. The molecule has 1 aliphatic rings. The first-order chi connectivity index (χ1) is 6.79. The lowest BCUT2D eigenvalue weighted by molar-refractivity contribution is 0.201. The molecule has 1 N–H and O–H groups in total. The second-order valence-corrected chi connectivity index (χ2v) is 3.53. The maximum absolute atomic E-state index is 12.9. The van der Waals surface area contributed by atoms with Gasteiger partial charge >= 0.3 is 0 Å². The van der Waals surface area contributed by atoms with Gasteiger partial charge in [-0.3, -0.25) is 0 Å². The van der Waals surface area contributed by atoms with Gasteiger partial charge in [0.1, 0.15) is 17.7 Å². The number of ether oxygens (including phenoxy) is 1. The van der Waals surface area contributed by atoms with Gasteiger partial charge in [0, 0.05) is 18.7 Å². The minimum Gasteiger partial charge on any atom is -0.489 e. The van der Waals surface area contributed by atoms with Crippen LogP contribution in [0.25, 0.3) is 0 Å². The maximum atomic E-state index is 12.9. The third kappa shape index (κ3) is 2.83. The van der Waals surface area contributed by atoms with Gasteiger partial charge in [-0.1, -0.05) is 6.92 Å². The summed E-state index contributed by atoms with van der Waals surface area (Å²) >= 11 is 0. The van der Waals surface area contributed by atoms with E-state index in [9.17, 15) is 4.39 Å². The van der Waals surface area contributed by atoms with Crippen molar-refractivity contribution >= 4 is 12.4 Å². The summed E-state index contributed by atoms with van der Waals surface area (Å²) in [4.78, 5) is 0. The molecule has 1 heterocycles. The molecule has 15 heavy (non-hydrogen) atoms. The van der Waals surface area contributed by atoms with Crippen molar-refractivity contribution in [2.45, 2.75) is 26.0 Å². The molecule has 1 atom stereocenters. The minimum absolute atomic E-state index is 0. The summed E-state index contributed by atoms with van der Waals surface area (Å²) in [6, 6.07) is 4.68. The highest BCUT2D eigenvalue weighted by Crippen LogP contribution is 2.23. The number of nitrogens with one attached hydrogen (secondary N) is 1. The molecule has 1 aliphatic heterocycles. The average molecular weight is 232 g/mol. The van der Waals surface area contributed by atoms with Gasteiger partial charge < -0.3 is 10.1 Å². The Morgan fingerprint density at radius 3 is 3.07 bits per heavy atom. The molecule has 1 aromatic carbocycles. The number of hydrogen-bond acceptors (Lipinski definition) is 2. The van der Waals surface area contributed by atoms with Gasteiger partial charge in [-0.2, -0.15) is 0 Å². The maximum Gasteiger partial charge on any atom is 0.124 e. The molecule has 4 heteroatoms. The zero-order valence-corrected chi connectivity index (χ0v) is 9.44. The highest BCUT2D eigenvalue weighted by atomic mass is 35.5. The number of fused-ring (bicyclic) bond motifs is 1. The molecule has 1 aromatic rings. The molecule has 2 rings (SSSR count). The van der Waals surface area contributed by atoms with E-state index in [4.69, 9.17) is 4.74 Å². The third-order valence-electron chi connectivity index (χ3n) is 2.46. The van der Waals surface area contributed by atoms with E-state index in [1.807, 2.05) is 0 Å². The fraction of sp³-hybridized carbons (Fsp3) is 0.455. The molecule has 0 aliphatic carbocycles. The molecule has 0 aromatic heterocycles. The largest absolute Gasteiger partial charge is 0.489 e.